The van der Waals surface area contributed by atoms with Crippen LogP contribution in [0.3, 0.4) is 0 Å². The molecule has 0 radical (unpaired) electrons. The smallest absolute Gasteiger partial charge is 0.303 e. The zero-order valence-corrected chi connectivity index (χ0v) is 13.2. The molecule has 0 spiro atoms. The van der Waals surface area contributed by atoms with Crippen LogP contribution in [0.15, 0.2) is 30.3 Å². The molecule has 0 aliphatic carbocycles. The third-order valence-electron chi connectivity index (χ3n) is 3.78. The van der Waals surface area contributed by atoms with Crippen molar-refractivity contribution in [2.45, 2.75) is 31.9 Å². The number of carbonyl (C=O) groups excluding carboxylic acids is 1. The second-order valence-electron chi connectivity index (χ2n) is 5.76. The maximum absolute atomic E-state index is 11.6. The zero-order chi connectivity index (χ0) is 16.5. The Morgan fingerprint density at radius 1 is 1.26 bits per heavy atom. The van der Waals surface area contributed by atoms with E-state index < -0.39 is 5.97 Å². The first-order valence-electron chi connectivity index (χ1n) is 8.00. The normalized spacial score (nSPS) is 19.0. The number of ether oxygens (including phenoxy) is 1. The minimum atomic E-state index is -0.958. The van der Waals surface area contributed by atoms with Crippen molar-refractivity contribution in [1.29, 1.82) is 0 Å². The van der Waals surface area contributed by atoms with E-state index in [2.05, 4.69) is 22.3 Å². The summed E-state index contributed by atoms with van der Waals surface area (Å²) in [6, 6.07) is 10.3. The van der Waals surface area contributed by atoms with Crippen LogP contribution in [-0.4, -0.2) is 54.2 Å². The molecular formula is C17H24N2O4. The Kier molecular flexibility index (Phi) is 7.03. The number of aliphatic carboxylic acids is 1. The number of hydrogen-bond donors (Lipinski definition) is 2. The van der Waals surface area contributed by atoms with E-state index in [1.165, 1.54) is 5.56 Å². The van der Waals surface area contributed by atoms with Crippen molar-refractivity contribution in [2.24, 2.45) is 0 Å². The lowest BCUT2D eigenvalue weighted by atomic mass is 10.2. The van der Waals surface area contributed by atoms with Crippen molar-refractivity contribution in [1.82, 2.24) is 10.2 Å². The van der Waals surface area contributed by atoms with Gasteiger partial charge in [0.1, 0.15) is 0 Å². The second-order valence-corrected chi connectivity index (χ2v) is 5.76. The molecule has 0 aromatic heterocycles. The lowest BCUT2D eigenvalue weighted by molar-refractivity contribution is -0.138. The highest BCUT2D eigenvalue weighted by atomic mass is 16.5. The van der Waals surface area contributed by atoms with Gasteiger partial charge in [-0.1, -0.05) is 30.3 Å². The van der Waals surface area contributed by atoms with Gasteiger partial charge in [-0.25, -0.2) is 0 Å². The summed E-state index contributed by atoms with van der Waals surface area (Å²) in [6.07, 6.45) is 0.777. The van der Waals surface area contributed by atoms with Crippen LogP contribution in [0.1, 0.15) is 24.8 Å². The molecule has 1 amide bonds. The third kappa shape index (κ3) is 6.80. The zero-order valence-electron chi connectivity index (χ0n) is 13.2. The molecule has 6 nitrogen and oxygen atoms in total. The monoisotopic (exact) mass is 320 g/mol. The number of benzene rings is 1. The minimum Gasteiger partial charge on any atom is -0.481 e. The van der Waals surface area contributed by atoms with E-state index in [1.807, 2.05) is 18.2 Å². The number of carbonyl (C=O) groups is 2. The van der Waals surface area contributed by atoms with Crippen LogP contribution >= 0.6 is 0 Å². The van der Waals surface area contributed by atoms with Gasteiger partial charge in [0.25, 0.3) is 0 Å². The molecule has 1 aromatic rings. The number of carboxylic acids is 1. The third-order valence-corrected chi connectivity index (χ3v) is 3.78. The topological polar surface area (TPSA) is 78.9 Å². The van der Waals surface area contributed by atoms with Crippen molar-refractivity contribution >= 4 is 11.9 Å². The fraction of sp³-hybridized carbons (Fsp3) is 0.529. The predicted octanol–water partition coefficient (Wildman–Crippen LogP) is 1.26. The molecule has 0 saturated carbocycles. The number of nitrogens with one attached hydrogen (secondary N) is 1. The van der Waals surface area contributed by atoms with Crippen LogP contribution in [0, 0.1) is 0 Å². The SMILES string of the molecule is O=C(O)CCC(=O)NCC1CN(Cc2ccccc2)CCCO1. The molecule has 1 aliphatic rings. The summed E-state index contributed by atoms with van der Waals surface area (Å²) < 4.78 is 5.77. The fourth-order valence-electron chi connectivity index (χ4n) is 2.62. The van der Waals surface area contributed by atoms with Crippen molar-refractivity contribution < 1.29 is 19.4 Å². The molecule has 126 valence electrons. The summed E-state index contributed by atoms with van der Waals surface area (Å²) in [4.78, 5) is 24.4. The molecule has 1 atom stereocenters. The van der Waals surface area contributed by atoms with E-state index >= 15 is 0 Å². The molecule has 1 fully saturated rings. The average molecular weight is 320 g/mol. The van der Waals surface area contributed by atoms with Crippen LogP contribution in [0.5, 0.6) is 0 Å². The van der Waals surface area contributed by atoms with E-state index in [0.29, 0.717) is 13.2 Å². The number of hydrogen-bond acceptors (Lipinski definition) is 4. The van der Waals surface area contributed by atoms with Crippen molar-refractivity contribution in [3.63, 3.8) is 0 Å². The van der Waals surface area contributed by atoms with E-state index in [9.17, 15) is 9.59 Å². The summed E-state index contributed by atoms with van der Waals surface area (Å²) >= 11 is 0. The average Bonchev–Trinajstić information content (AvgIpc) is 2.77. The first-order chi connectivity index (χ1) is 11.1. The van der Waals surface area contributed by atoms with Crippen LogP contribution in [0.2, 0.25) is 0 Å². The Morgan fingerprint density at radius 3 is 2.78 bits per heavy atom. The van der Waals surface area contributed by atoms with Gasteiger partial charge < -0.3 is 15.2 Å². The maximum atomic E-state index is 11.6. The standard InChI is InChI=1S/C17H24N2O4/c20-16(7-8-17(21)22)18-11-15-13-19(9-4-10-23-15)12-14-5-2-1-3-6-14/h1-3,5-6,15H,4,7-13H2,(H,18,20)(H,21,22). The number of carboxylic acid groups (broad SMARTS) is 1. The van der Waals surface area contributed by atoms with Gasteiger partial charge in [0.05, 0.1) is 12.5 Å². The van der Waals surface area contributed by atoms with E-state index in [4.69, 9.17) is 9.84 Å². The molecule has 2 N–H and O–H groups in total. The minimum absolute atomic E-state index is 0.00971. The van der Waals surface area contributed by atoms with Gasteiger partial charge in [0, 0.05) is 39.2 Å². The van der Waals surface area contributed by atoms with Gasteiger partial charge in [-0.15, -0.1) is 0 Å². The Balaban J connectivity index is 1.77. The lowest BCUT2D eigenvalue weighted by Crippen LogP contribution is -2.40. The molecule has 0 bridgehead atoms. The molecule has 2 rings (SSSR count). The van der Waals surface area contributed by atoms with Crippen LogP contribution < -0.4 is 5.32 Å². The fourth-order valence-corrected chi connectivity index (χ4v) is 2.62. The number of nitrogens with zero attached hydrogens (tertiary/aromatic N) is 1. The molecular weight excluding hydrogens is 296 g/mol. The Bertz CT molecular complexity index is 507. The van der Waals surface area contributed by atoms with Gasteiger partial charge in [0.15, 0.2) is 0 Å². The highest BCUT2D eigenvalue weighted by molar-refractivity contribution is 5.80. The summed E-state index contributed by atoms with van der Waals surface area (Å²) in [6.45, 7) is 3.70. The first kappa shape index (κ1) is 17.4. The Hall–Kier alpha value is -1.92. The lowest BCUT2D eigenvalue weighted by Gasteiger charge is -2.24. The summed E-state index contributed by atoms with van der Waals surface area (Å²) in [5.41, 5.74) is 1.26. The van der Waals surface area contributed by atoms with Crippen LogP contribution in [0.25, 0.3) is 0 Å². The van der Waals surface area contributed by atoms with E-state index in [-0.39, 0.29) is 24.9 Å². The number of rotatable bonds is 7. The molecule has 1 unspecified atom stereocenters. The van der Waals surface area contributed by atoms with Crippen molar-refractivity contribution in [3.8, 4) is 0 Å². The van der Waals surface area contributed by atoms with Gasteiger partial charge in [-0.05, 0) is 12.0 Å². The van der Waals surface area contributed by atoms with Gasteiger partial charge in [-0.2, -0.15) is 0 Å². The molecule has 23 heavy (non-hydrogen) atoms. The summed E-state index contributed by atoms with van der Waals surface area (Å²) in [5, 5.41) is 11.3. The molecule has 1 heterocycles. The summed E-state index contributed by atoms with van der Waals surface area (Å²) in [7, 11) is 0. The van der Waals surface area contributed by atoms with Crippen molar-refractivity contribution in [2.75, 3.05) is 26.2 Å². The maximum Gasteiger partial charge on any atom is 0.303 e. The van der Waals surface area contributed by atoms with E-state index in [1.54, 1.807) is 0 Å². The molecule has 1 saturated heterocycles. The molecule has 1 aromatic carbocycles. The quantitative estimate of drug-likeness (QED) is 0.791. The molecule has 6 heteroatoms. The van der Waals surface area contributed by atoms with Crippen LogP contribution in [-0.2, 0) is 20.9 Å². The van der Waals surface area contributed by atoms with Gasteiger partial charge >= 0.3 is 5.97 Å². The largest absolute Gasteiger partial charge is 0.481 e. The Labute approximate surface area is 136 Å². The highest BCUT2D eigenvalue weighted by Gasteiger charge is 2.19. The summed E-state index contributed by atoms with van der Waals surface area (Å²) in [5.74, 6) is -1.20. The van der Waals surface area contributed by atoms with E-state index in [0.717, 1.165) is 26.1 Å². The number of amides is 1. The predicted molar refractivity (Wildman–Crippen MR) is 86.0 cm³/mol. The molecule has 1 aliphatic heterocycles. The highest BCUT2D eigenvalue weighted by Crippen LogP contribution is 2.10. The first-order valence-corrected chi connectivity index (χ1v) is 8.00. The van der Waals surface area contributed by atoms with Gasteiger partial charge in [0.2, 0.25) is 5.91 Å². The van der Waals surface area contributed by atoms with Crippen molar-refractivity contribution in [3.05, 3.63) is 35.9 Å². The van der Waals surface area contributed by atoms with Gasteiger partial charge in [-0.3, -0.25) is 14.5 Å². The van der Waals surface area contributed by atoms with Crippen LogP contribution in [0.4, 0.5) is 0 Å². The second kappa shape index (κ2) is 9.27. The Morgan fingerprint density at radius 2 is 2.04 bits per heavy atom.